The molecule has 0 spiro atoms. The van der Waals surface area contributed by atoms with Gasteiger partial charge < -0.3 is 10.2 Å². The van der Waals surface area contributed by atoms with E-state index in [1.165, 1.54) is 51.9 Å². The van der Waals surface area contributed by atoms with Gasteiger partial charge in [-0.15, -0.1) is 0 Å². The topological polar surface area (TPSA) is 15.3 Å². The van der Waals surface area contributed by atoms with Crippen LogP contribution in [0.1, 0.15) is 53.4 Å². The minimum absolute atomic E-state index is 0.386. The van der Waals surface area contributed by atoms with Gasteiger partial charge in [0.15, 0.2) is 0 Å². The molecule has 3 unspecified atom stereocenters. The summed E-state index contributed by atoms with van der Waals surface area (Å²) in [6.45, 7) is 14.5. The highest BCUT2D eigenvalue weighted by Gasteiger charge is 2.31. The molecule has 106 valence electrons. The highest BCUT2D eigenvalue weighted by atomic mass is 15.2. The molecule has 0 aromatic heterocycles. The first kappa shape index (κ1) is 14.3. The average molecular weight is 252 g/mol. The molecule has 1 heterocycles. The van der Waals surface area contributed by atoms with Crippen molar-refractivity contribution >= 4 is 0 Å². The van der Waals surface area contributed by atoms with E-state index in [-0.39, 0.29) is 0 Å². The van der Waals surface area contributed by atoms with Crippen LogP contribution in [-0.2, 0) is 0 Å². The van der Waals surface area contributed by atoms with Gasteiger partial charge in [0.25, 0.3) is 0 Å². The van der Waals surface area contributed by atoms with Gasteiger partial charge in [-0.3, -0.25) is 0 Å². The van der Waals surface area contributed by atoms with Crippen molar-refractivity contribution in [1.29, 1.82) is 0 Å². The van der Waals surface area contributed by atoms with Crippen molar-refractivity contribution in [3.63, 3.8) is 0 Å². The average Bonchev–Trinajstić information content (AvgIpc) is 2.31. The molecule has 3 atom stereocenters. The predicted molar refractivity (Wildman–Crippen MR) is 78.8 cm³/mol. The summed E-state index contributed by atoms with van der Waals surface area (Å²) in [5.74, 6) is 1.90. The van der Waals surface area contributed by atoms with Crippen molar-refractivity contribution in [2.75, 3.05) is 26.2 Å². The Hall–Kier alpha value is -0.0800. The summed E-state index contributed by atoms with van der Waals surface area (Å²) in [4.78, 5) is 2.72. The van der Waals surface area contributed by atoms with E-state index in [1.807, 2.05) is 0 Å². The van der Waals surface area contributed by atoms with E-state index < -0.39 is 0 Å². The molecule has 1 saturated heterocycles. The van der Waals surface area contributed by atoms with Crippen molar-refractivity contribution in [3.8, 4) is 0 Å². The van der Waals surface area contributed by atoms with E-state index in [9.17, 15) is 0 Å². The maximum Gasteiger partial charge on any atom is 0.0244 e. The Kier molecular flexibility index (Phi) is 4.71. The summed E-state index contributed by atoms with van der Waals surface area (Å²) >= 11 is 0. The van der Waals surface area contributed by atoms with E-state index in [2.05, 4.69) is 37.9 Å². The second-order valence-corrected chi connectivity index (χ2v) is 7.65. The van der Waals surface area contributed by atoms with Gasteiger partial charge in [0.1, 0.15) is 0 Å². The molecule has 2 rings (SSSR count). The standard InChI is InChI=1S/C16H32N2/c1-13-7-5-6-8-14(13)11-18-10-9-17-15(12-18)16(2,3)4/h13-15,17H,5-12H2,1-4H3. The predicted octanol–water partition coefficient (Wildman–Crippen LogP) is 3.13. The first-order chi connectivity index (χ1) is 8.47. The molecular formula is C16H32N2. The summed E-state index contributed by atoms with van der Waals surface area (Å²) in [6, 6.07) is 0.658. The summed E-state index contributed by atoms with van der Waals surface area (Å²) in [6.07, 6.45) is 5.85. The van der Waals surface area contributed by atoms with Crippen molar-refractivity contribution in [2.45, 2.75) is 59.4 Å². The monoisotopic (exact) mass is 252 g/mol. The Morgan fingerprint density at radius 2 is 1.89 bits per heavy atom. The van der Waals surface area contributed by atoms with Gasteiger partial charge >= 0.3 is 0 Å². The second-order valence-electron chi connectivity index (χ2n) is 7.65. The third-order valence-corrected chi connectivity index (χ3v) is 5.09. The smallest absolute Gasteiger partial charge is 0.0244 e. The molecular weight excluding hydrogens is 220 g/mol. The van der Waals surface area contributed by atoms with Crippen LogP contribution in [0.5, 0.6) is 0 Å². The fourth-order valence-corrected chi connectivity index (χ4v) is 3.55. The van der Waals surface area contributed by atoms with Crippen LogP contribution in [0.15, 0.2) is 0 Å². The van der Waals surface area contributed by atoms with E-state index in [0.29, 0.717) is 11.5 Å². The number of nitrogens with one attached hydrogen (secondary N) is 1. The fourth-order valence-electron chi connectivity index (χ4n) is 3.55. The van der Waals surface area contributed by atoms with E-state index in [0.717, 1.165) is 11.8 Å². The number of nitrogens with zero attached hydrogens (tertiary/aromatic N) is 1. The van der Waals surface area contributed by atoms with Crippen LogP contribution in [-0.4, -0.2) is 37.1 Å². The molecule has 18 heavy (non-hydrogen) atoms. The molecule has 1 aliphatic carbocycles. The summed E-state index contributed by atoms with van der Waals surface area (Å²) in [5, 5.41) is 3.70. The van der Waals surface area contributed by atoms with E-state index >= 15 is 0 Å². The van der Waals surface area contributed by atoms with Crippen molar-refractivity contribution in [2.24, 2.45) is 17.3 Å². The quantitative estimate of drug-likeness (QED) is 0.812. The number of hydrogen-bond acceptors (Lipinski definition) is 2. The Morgan fingerprint density at radius 1 is 1.17 bits per heavy atom. The molecule has 1 aliphatic heterocycles. The van der Waals surface area contributed by atoms with Crippen molar-refractivity contribution < 1.29 is 0 Å². The molecule has 2 fully saturated rings. The van der Waals surface area contributed by atoms with E-state index in [4.69, 9.17) is 0 Å². The van der Waals surface area contributed by atoms with Gasteiger partial charge in [-0.25, -0.2) is 0 Å². The molecule has 1 saturated carbocycles. The normalized spacial score (nSPS) is 35.7. The molecule has 1 N–H and O–H groups in total. The van der Waals surface area contributed by atoms with Gasteiger partial charge in [-0.1, -0.05) is 47.0 Å². The van der Waals surface area contributed by atoms with Crippen LogP contribution in [0, 0.1) is 17.3 Å². The minimum atomic E-state index is 0.386. The van der Waals surface area contributed by atoms with Gasteiger partial charge in [-0.05, 0) is 23.7 Å². The van der Waals surface area contributed by atoms with Gasteiger partial charge in [0.2, 0.25) is 0 Å². The zero-order valence-electron chi connectivity index (χ0n) is 12.8. The van der Waals surface area contributed by atoms with Crippen molar-refractivity contribution in [1.82, 2.24) is 10.2 Å². The second kappa shape index (κ2) is 5.92. The maximum atomic E-state index is 3.70. The lowest BCUT2D eigenvalue weighted by molar-refractivity contribution is 0.0966. The number of rotatable bonds is 2. The van der Waals surface area contributed by atoms with Gasteiger partial charge in [-0.2, -0.15) is 0 Å². The SMILES string of the molecule is CC1CCCCC1CN1CCNC(C(C)(C)C)C1. The molecule has 0 aromatic carbocycles. The minimum Gasteiger partial charge on any atom is -0.311 e. The van der Waals surface area contributed by atoms with Crippen LogP contribution >= 0.6 is 0 Å². The summed E-state index contributed by atoms with van der Waals surface area (Å²) in [5.41, 5.74) is 0.386. The van der Waals surface area contributed by atoms with Crippen molar-refractivity contribution in [3.05, 3.63) is 0 Å². The molecule has 0 radical (unpaired) electrons. The fraction of sp³-hybridized carbons (Fsp3) is 1.00. The van der Waals surface area contributed by atoms with Crippen LogP contribution in [0.4, 0.5) is 0 Å². The van der Waals surface area contributed by atoms with Crippen LogP contribution < -0.4 is 5.32 Å². The molecule has 0 amide bonds. The molecule has 2 nitrogen and oxygen atoms in total. The molecule has 0 bridgehead atoms. The number of piperazine rings is 1. The Balaban J connectivity index is 1.85. The maximum absolute atomic E-state index is 3.70. The van der Waals surface area contributed by atoms with Crippen LogP contribution in [0.25, 0.3) is 0 Å². The lowest BCUT2D eigenvalue weighted by Gasteiger charge is -2.43. The zero-order valence-corrected chi connectivity index (χ0v) is 12.8. The van der Waals surface area contributed by atoms with Crippen LogP contribution in [0.3, 0.4) is 0 Å². The van der Waals surface area contributed by atoms with Crippen LogP contribution in [0.2, 0.25) is 0 Å². The summed E-state index contributed by atoms with van der Waals surface area (Å²) < 4.78 is 0. The lowest BCUT2D eigenvalue weighted by atomic mass is 9.79. The largest absolute Gasteiger partial charge is 0.311 e. The first-order valence-corrected chi connectivity index (χ1v) is 7.92. The Morgan fingerprint density at radius 3 is 2.56 bits per heavy atom. The molecule has 2 heteroatoms. The summed E-state index contributed by atoms with van der Waals surface area (Å²) in [7, 11) is 0. The van der Waals surface area contributed by atoms with Gasteiger partial charge in [0, 0.05) is 32.2 Å². The van der Waals surface area contributed by atoms with Gasteiger partial charge in [0.05, 0.1) is 0 Å². The number of hydrogen-bond donors (Lipinski definition) is 1. The lowest BCUT2D eigenvalue weighted by Crippen LogP contribution is -2.56. The highest BCUT2D eigenvalue weighted by molar-refractivity contribution is 4.88. The molecule has 2 aliphatic rings. The zero-order chi connectivity index (χ0) is 13.2. The third-order valence-electron chi connectivity index (χ3n) is 5.09. The Bertz CT molecular complexity index is 256. The van der Waals surface area contributed by atoms with E-state index in [1.54, 1.807) is 0 Å². The third kappa shape index (κ3) is 3.71. The highest BCUT2D eigenvalue weighted by Crippen LogP contribution is 2.31. The Labute approximate surface area is 114 Å². The molecule has 0 aromatic rings. The first-order valence-electron chi connectivity index (χ1n) is 7.92.